The highest BCUT2D eigenvalue weighted by Crippen LogP contribution is 2.36. The summed E-state index contributed by atoms with van der Waals surface area (Å²) in [7, 11) is 2.09. The Labute approximate surface area is 84.5 Å². The van der Waals surface area contributed by atoms with Gasteiger partial charge in [0.2, 0.25) is 5.91 Å². The average molecular weight is 198 g/mol. The molecule has 2 fully saturated rings. The van der Waals surface area contributed by atoms with Crippen LogP contribution < -0.4 is 0 Å². The van der Waals surface area contributed by atoms with Crippen molar-refractivity contribution in [1.29, 1.82) is 0 Å². The monoisotopic (exact) mass is 198 g/mol. The minimum absolute atomic E-state index is 0.0502. The summed E-state index contributed by atoms with van der Waals surface area (Å²) in [6.45, 7) is 2.52. The summed E-state index contributed by atoms with van der Waals surface area (Å²) in [6.07, 6.45) is 3.25. The topological polar surface area (TPSA) is 43.8 Å². The van der Waals surface area contributed by atoms with Crippen LogP contribution in [0.5, 0.6) is 0 Å². The number of nitrogens with zero attached hydrogens (tertiary/aromatic N) is 2. The second kappa shape index (κ2) is 3.51. The van der Waals surface area contributed by atoms with Crippen LogP contribution in [0.2, 0.25) is 0 Å². The summed E-state index contributed by atoms with van der Waals surface area (Å²) < 4.78 is 0. The number of hydrogen-bond acceptors (Lipinski definition) is 3. The lowest BCUT2D eigenvalue weighted by atomic mass is 9.95. The third-order valence-electron chi connectivity index (χ3n) is 3.56. The zero-order valence-corrected chi connectivity index (χ0v) is 8.70. The molecule has 1 atom stereocenters. The molecule has 0 saturated carbocycles. The van der Waals surface area contributed by atoms with Crippen LogP contribution in [-0.2, 0) is 4.79 Å². The standard InChI is InChI=1S/C10H18N2O2/c1-11-6-4-10(8-11)3-2-5-12(10)9(14)7-13/h13H,2-8H2,1H3. The molecule has 0 aromatic heterocycles. The van der Waals surface area contributed by atoms with Crippen LogP contribution in [0, 0.1) is 0 Å². The molecular formula is C10H18N2O2. The van der Waals surface area contributed by atoms with Crippen LogP contribution >= 0.6 is 0 Å². The Morgan fingerprint density at radius 3 is 2.79 bits per heavy atom. The molecule has 4 nitrogen and oxygen atoms in total. The Kier molecular flexibility index (Phi) is 2.49. The van der Waals surface area contributed by atoms with Gasteiger partial charge in [-0.15, -0.1) is 0 Å². The molecule has 2 aliphatic heterocycles. The minimum atomic E-state index is -0.342. The van der Waals surface area contributed by atoms with E-state index in [2.05, 4.69) is 11.9 Å². The lowest BCUT2D eigenvalue weighted by molar-refractivity contribution is -0.138. The zero-order chi connectivity index (χ0) is 10.2. The Morgan fingerprint density at radius 2 is 2.21 bits per heavy atom. The maximum Gasteiger partial charge on any atom is 0.248 e. The summed E-state index contributed by atoms with van der Waals surface area (Å²) in [5, 5.41) is 8.90. The number of rotatable bonds is 1. The number of carbonyl (C=O) groups excluding carboxylic acids is 1. The number of hydrogen-bond donors (Lipinski definition) is 1. The number of aliphatic hydroxyl groups is 1. The maximum absolute atomic E-state index is 11.5. The fourth-order valence-corrected chi connectivity index (χ4v) is 2.90. The van der Waals surface area contributed by atoms with E-state index < -0.39 is 0 Å². The van der Waals surface area contributed by atoms with Crippen molar-refractivity contribution in [3.05, 3.63) is 0 Å². The summed E-state index contributed by atoms with van der Waals surface area (Å²) in [5.74, 6) is -0.0993. The molecule has 2 saturated heterocycles. The van der Waals surface area contributed by atoms with E-state index in [1.54, 1.807) is 0 Å². The molecule has 0 aromatic carbocycles. The van der Waals surface area contributed by atoms with Gasteiger partial charge in [0.25, 0.3) is 0 Å². The Bertz CT molecular complexity index is 244. The Hall–Kier alpha value is -0.610. The van der Waals surface area contributed by atoms with Crippen molar-refractivity contribution in [3.8, 4) is 0 Å². The molecule has 14 heavy (non-hydrogen) atoms. The van der Waals surface area contributed by atoms with E-state index in [-0.39, 0.29) is 18.1 Å². The molecule has 2 heterocycles. The number of likely N-dealkylation sites (tertiary alicyclic amines) is 2. The van der Waals surface area contributed by atoms with Gasteiger partial charge in [0.1, 0.15) is 6.61 Å². The van der Waals surface area contributed by atoms with Crippen LogP contribution in [0.3, 0.4) is 0 Å². The van der Waals surface area contributed by atoms with E-state index in [9.17, 15) is 4.79 Å². The quantitative estimate of drug-likeness (QED) is 0.628. The molecule has 2 rings (SSSR count). The van der Waals surface area contributed by atoms with Crippen molar-refractivity contribution in [2.24, 2.45) is 0 Å². The van der Waals surface area contributed by atoms with Gasteiger partial charge in [-0.25, -0.2) is 0 Å². The first kappa shape index (κ1) is 9.93. The molecule has 2 aliphatic rings. The van der Waals surface area contributed by atoms with Gasteiger partial charge in [-0.2, -0.15) is 0 Å². The van der Waals surface area contributed by atoms with Crippen molar-refractivity contribution in [2.75, 3.05) is 33.3 Å². The molecule has 0 radical (unpaired) electrons. The molecule has 4 heteroatoms. The first-order valence-corrected chi connectivity index (χ1v) is 5.28. The van der Waals surface area contributed by atoms with Crippen molar-refractivity contribution in [2.45, 2.75) is 24.8 Å². The van der Waals surface area contributed by atoms with Crippen molar-refractivity contribution < 1.29 is 9.90 Å². The largest absolute Gasteiger partial charge is 0.387 e. The van der Waals surface area contributed by atoms with Gasteiger partial charge in [-0.3, -0.25) is 4.79 Å². The van der Waals surface area contributed by atoms with Crippen molar-refractivity contribution in [1.82, 2.24) is 9.80 Å². The molecule has 1 unspecified atom stereocenters. The van der Waals surface area contributed by atoms with Gasteiger partial charge in [-0.05, 0) is 26.3 Å². The summed E-state index contributed by atoms with van der Waals surface area (Å²) >= 11 is 0. The van der Waals surface area contributed by atoms with Crippen LogP contribution in [0.15, 0.2) is 0 Å². The predicted octanol–water partition coefficient (Wildman–Crippen LogP) is -0.325. The van der Waals surface area contributed by atoms with Gasteiger partial charge in [0.05, 0.1) is 5.54 Å². The van der Waals surface area contributed by atoms with E-state index in [1.807, 2.05) is 4.90 Å². The Balaban J connectivity index is 2.13. The number of carbonyl (C=O) groups is 1. The van der Waals surface area contributed by atoms with E-state index in [1.165, 1.54) is 0 Å². The van der Waals surface area contributed by atoms with Gasteiger partial charge < -0.3 is 14.9 Å². The number of aliphatic hydroxyl groups excluding tert-OH is 1. The third kappa shape index (κ3) is 1.42. The summed E-state index contributed by atoms with van der Waals surface area (Å²) in [6, 6.07) is 0. The lowest BCUT2D eigenvalue weighted by Crippen LogP contribution is -2.49. The van der Waals surface area contributed by atoms with Crippen molar-refractivity contribution in [3.63, 3.8) is 0 Å². The van der Waals surface area contributed by atoms with Crippen molar-refractivity contribution >= 4 is 5.91 Å². The Morgan fingerprint density at radius 1 is 1.43 bits per heavy atom. The van der Waals surface area contributed by atoms with Crippen LogP contribution in [0.25, 0.3) is 0 Å². The van der Waals surface area contributed by atoms with Crippen LogP contribution in [-0.4, -0.2) is 59.6 Å². The first-order valence-electron chi connectivity index (χ1n) is 5.28. The molecule has 0 bridgehead atoms. The second-order valence-electron chi connectivity index (χ2n) is 4.52. The van der Waals surface area contributed by atoms with E-state index in [0.717, 1.165) is 38.9 Å². The fraction of sp³-hybridized carbons (Fsp3) is 0.900. The van der Waals surface area contributed by atoms with E-state index >= 15 is 0 Å². The normalized spacial score (nSPS) is 33.1. The van der Waals surface area contributed by atoms with Crippen LogP contribution in [0.1, 0.15) is 19.3 Å². The molecule has 0 aromatic rings. The highest BCUT2D eigenvalue weighted by atomic mass is 16.3. The molecule has 1 spiro atoms. The third-order valence-corrected chi connectivity index (χ3v) is 3.56. The van der Waals surface area contributed by atoms with E-state index in [4.69, 9.17) is 5.11 Å². The zero-order valence-electron chi connectivity index (χ0n) is 8.70. The molecule has 1 N–H and O–H groups in total. The second-order valence-corrected chi connectivity index (χ2v) is 4.52. The van der Waals surface area contributed by atoms with Gasteiger partial charge >= 0.3 is 0 Å². The highest BCUT2D eigenvalue weighted by molar-refractivity contribution is 5.78. The summed E-state index contributed by atoms with van der Waals surface area (Å²) in [4.78, 5) is 15.7. The lowest BCUT2D eigenvalue weighted by Gasteiger charge is -2.34. The summed E-state index contributed by atoms with van der Waals surface area (Å²) in [5.41, 5.74) is 0.0502. The molecule has 1 amide bonds. The van der Waals surface area contributed by atoms with E-state index in [0.29, 0.717) is 0 Å². The average Bonchev–Trinajstić information content (AvgIpc) is 2.74. The van der Waals surface area contributed by atoms with Gasteiger partial charge in [0.15, 0.2) is 0 Å². The fourth-order valence-electron chi connectivity index (χ4n) is 2.90. The molecule has 80 valence electrons. The highest BCUT2D eigenvalue weighted by Gasteiger charge is 2.46. The predicted molar refractivity (Wildman–Crippen MR) is 52.9 cm³/mol. The molecule has 0 aliphatic carbocycles. The minimum Gasteiger partial charge on any atom is -0.387 e. The smallest absolute Gasteiger partial charge is 0.248 e. The first-order chi connectivity index (χ1) is 6.68. The maximum atomic E-state index is 11.5. The molecular weight excluding hydrogens is 180 g/mol. The number of amides is 1. The van der Waals surface area contributed by atoms with Crippen LogP contribution in [0.4, 0.5) is 0 Å². The van der Waals surface area contributed by atoms with Gasteiger partial charge in [0, 0.05) is 19.6 Å². The SMILES string of the molecule is CN1CCC2(CCCN2C(=O)CO)C1. The number of likely N-dealkylation sites (N-methyl/N-ethyl adjacent to an activating group) is 1. The van der Waals surface area contributed by atoms with Gasteiger partial charge in [-0.1, -0.05) is 0 Å².